The predicted molar refractivity (Wildman–Crippen MR) is 44.9 cm³/mol. The molecule has 0 spiro atoms. The van der Waals surface area contributed by atoms with Crippen LogP contribution in [-0.2, 0) is 0 Å². The molecule has 5 heteroatoms. The summed E-state index contributed by atoms with van der Waals surface area (Å²) in [7, 11) is 0. The Morgan fingerprint density at radius 2 is 1.64 bits per heavy atom. The normalized spacial score (nSPS) is 15.3. The minimum atomic E-state index is -1.27. The second kappa shape index (κ2) is 3.98. The van der Waals surface area contributed by atoms with Crippen LogP contribution >= 0.6 is 0 Å². The van der Waals surface area contributed by atoms with Crippen molar-refractivity contribution >= 4 is 0 Å². The number of aliphatic hydroxyl groups is 1. The molecule has 0 aliphatic heterocycles. The van der Waals surface area contributed by atoms with Gasteiger partial charge in [-0.3, -0.25) is 0 Å². The molecule has 2 nitrogen and oxygen atoms in total. The van der Waals surface area contributed by atoms with Crippen molar-refractivity contribution in [1.82, 2.24) is 0 Å². The Labute approximate surface area is 79.2 Å². The fourth-order valence-electron chi connectivity index (χ4n) is 1.05. The van der Waals surface area contributed by atoms with Gasteiger partial charge in [0.2, 0.25) is 0 Å². The molecule has 0 bridgehead atoms. The molecule has 0 saturated heterocycles. The molecule has 0 aromatic heterocycles. The average Bonchev–Trinajstić information content (AvgIpc) is 2.10. The number of hydrogen-bond acceptors (Lipinski definition) is 2. The third kappa shape index (κ3) is 2.05. The van der Waals surface area contributed by atoms with Crippen LogP contribution in [0.2, 0.25) is 0 Å². The Hall–Kier alpha value is -1.07. The van der Waals surface area contributed by atoms with Gasteiger partial charge in [0, 0.05) is 11.6 Å². The van der Waals surface area contributed by atoms with Gasteiger partial charge in [0.25, 0.3) is 0 Å². The number of nitrogens with two attached hydrogens (primary N) is 1. The van der Waals surface area contributed by atoms with E-state index < -0.39 is 29.6 Å². The summed E-state index contributed by atoms with van der Waals surface area (Å²) in [6.07, 6.45) is -1.03. The van der Waals surface area contributed by atoms with Crippen LogP contribution in [0.15, 0.2) is 12.1 Å². The second-order valence-corrected chi connectivity index (χ2v) is 3.05. The summed E-state index contributed by atoms with van der Waals surface area (Å²) >= 11 is 0. The van der Waals surface area contributed by atoms with E-state index in [-0.39, 0.29) is 5.56 Å². The molecule has 0 aliphatic rings. The van der Waals surface area contributed by atoms with Crippen LogP contribution in [0.5, 0.6) is 0 Å². The van der Waals surface area contributed by atoms with Gasteiger partial charge in [0.05, 0.1) is 12.1 Å². The Balaban J connectivity index is 3.15. The zero-order chi connectivity index (χ0) is 10.9. The van der Waals surface area contributed by atoms with Crippen LogP contribution in [0.4, 0.5) is 13.2 Å². The van der Waals surface area contributed by atoms with Gasteiger partial charge in [-0.25, -0.2) is 13.2 Å². The van der Waals surface area contributed by atoms with Crippen LogP contribution < -0.4 is 5.73 Å². The lowest BCUT2D eigenvalue weighted by atomic mass is 10.0. The molecule has 0 heterocycles. The lowest BCUT2D eigenvalue weighted by Gasteiger charge is -2.15. The van der Waals surface area contributed by atoms with Crippen LogP contribution in [0.3, 0.4) is 0 Å². The van der Waals surface area contributed by atoms with E-state index in [1.54, 1.807) is 0 Å². The van der Waals surface area contributed by atoms with Crippen molar-refractivity contribution in [2.45, 2.75) is 19.1 Å². The SMILES string of the molecule is CC(O)[C@@H](N)c1cc(F)c(F)cc1F. The van der Waals surface area contributed by atoms with E-state index in [1.165, 1.54) is 6.92 Å². The van der Waals surface area contributed by atoms with Crippen molar-refractivity contribution in [3.05, 3.63) is 35.1 Å². The van der Waals surface area contributed by atoms with E-state index in [0.29, 0.717) is 12.1 Å². The molecular weight excluding hydrogens is 195 g/mol. The molecule has 0 aliphatic carbocycles. The zero-order valence-electron chi connectivity index (χ0n) is 7.47. The molecule has 3 N–H and O–H groups in total. The summed E-state index contributed by atoms with van der Waals surface area (Å²) in [5.41, 5.74) is 5.14. The molecule has 0 radical (unpaired) electrons. The largest absolute Gasteiger partial charge is 0.391 e. The lowest BCUT2D eigenvalue weighted by molar-refractivity contribution is 0.162. The maximum absolute atomic E-state index is 13.0. The van der Waals surface area contributed by atoms with E-state index in [0.717, 1.165) is 0 Å². The summed E-state index contributed by atoms with van der Waals surface area (Å²) in [5.74, 6) is -3.42. The van der Waals surface area contributed by atoms with Crippen molar-refractivity contribution < 1.29 is 18.3 Å². The minimum absolute atomic E-state index is 0.237. The smallest absolute Gasteiger partial charge is 0.161 e. The van der Waals surface area contributed by atoms with Gasteiger partial charge in [0.15, 0.2) is 11.6 Å². The summed E-state index contributed by atoms with van der Waals surface area (Å²) in [6, 6.07) is -0.000278. The minimum Gasteiger partial charge on any atom is -0.391 e. The molecule has 0 fully saturated rings. The topological polar surface area (TPSA) is 46.2 Å². The highest BCUT2D eigenvalue weighted by Gasteiger charge is 2.19. The predicted octanol–water partition coefficient (Wildman–Crippen LogP) is 1.48. The molecule has 0 amide bonds. The van der Waals surface area contributed by atoms with E-state index in [1.807, 2.05) is 0 Å². The maximum atomic E-state index is 13.0. The molecule has 2 atom stereocenters. The number of halogens is 3. The van der Waals surface area contributed by atoms with Gasteiger partial charge in [-0.1, -0.05) is 0 Å². The highest BCUT2D eigenvalue weighted by molar-refractivity contribution is 5.23. The third-order valence-electron chi connectivity index (χ3n) is 1.92. The van der Waals surface area contributed by atoms with E-state index in [2.05, 4.69) is 0 Å². The molecule has 1 aromatic carbocycles. The van der Waals surface area contributed by atoms with Gasteiger partial charge in [-0.05, 0) is 13.0 Å². The Morgan fingerprint density at radius 3 is 2.14 bits per heavy atom. The van der Waals surface area contributed by atoms with Gasteiger partial charge in [0.1, 0.15) is 5.82 Å². The van der Waals surface area contributed by atoms with E-state index >= 15 is 0 Å². The number of aliphatic hydroxyl groups excluding tert-OH is 1. The monoisotopic (exact) mass is 205 g/mol. The zero-order valence-corrected chi connectivity index (χ0v) is 7.47. The van der Waals surface area contributed by atoms with E-state index in [9.17, 15) is 13.2 Å². The first-order chi connectivity index (χ1) is 6.43. The quantitative estimate of drug-likeness (QED) is 0.718. The summed E-state index contributed by atoms with van der Waals surface area (Å²) < 4.78 is 38.3. The summed E-state index contributed by atoms with van der Waals surface area (Å²) in [6.45, 7) is 1.34. The Morgan fingerprint density at radius 1 is 1.14 bits per heavy atom. The Kier molecular flexibility index (Phi) is 3.13. The molecule has 78 valence electrons. The Bertz CT molecular complexity index is 341. The molecule has 0 saturated carbocycles. The number of rotatable bonds is 2. The van der Waals surface area contributed by atoms with Crippen LogP contribution in [0.25, 0.3) is 0 Å². The van der Waals surface area contributed by atoms with Gasteiger partial charge < -0.3 is 10.8 Å². The molecular formula is C9H10F3NO. The molecule has 1 rings (SSSR count). The first kappa shape index (κ1) is 11.0. The van der Waals surface area contributed by atoms with Crippen molar-refractivity contribution in [1.29, 1.82) is 0 Å². The molecule has 1 unspecified atom stereocenters. The van der Waals surface area contributed by atoms with Crippen molar-refractivity contribution in [3.63, 3.8) is 0 Å². The van der Waals surface area contributed by atoms with E-state index in [4.69, 9.17) is 10.8 Å². The molecule has 14 heavy (non-hydrogen) atoms. The first-order valence-corrected chi connectivity index (χ1v) is 4.01. The van der Waals surface area contributed by atoms with Crippen LogP contribution in [-0.4, -0.2) is 11.2 Å². The van der Waals surface area contributed by atoms with Gasteiger partial charge >= 0.3 is 0 Å². The maximum Gasteiger partial charge on any atom is 0.161 e. The van der Waals surface area contributed by atoms with Gasteiger partial charge in [-0.2, -0.15) is 0 Å². The third-order valence-corrected chi connectivity index (χ3v) is 1.92. The average molecular weight is 205 g/mol. The first-order valence-electron chi connectivity index (χ1n) is 4.01. The van der Waals surface area contributed by atoms with Crippen molar-refractivity contribution in [3.8, 4) is 0 Å². The fourth-order valence-corrected chi connectivity index (χ4v) is 1.05. The summed E-state index contributed by atoms with van der Waals surface area (Å²) in [5, 5.41) is 9.05. The second-order valence-electron chi connectivity index (χ2n) is 3.05. The fraction of sp³-hybridized carbons (Fsp3) is 0.333. The highest BCUT2D eigenvalue weighted by atomic mass is 19.2. The molecule has 1 aromatic rings. The number of hydrogen-bond donors (Lipinski definition) is 2. The van der Waals surface area contributed by atoms with Crippen LogP contribution in [0, 0.1) is 17.5 Å². The van der Waals surface area contributed by atoms with Crippen LogP contribution in [0.1, 0.15) is 18.5 Å². The highest BCUT2D eigenvalue weighted by Crippen LogP contribution is 2.20. The number of benzene rings is 1. The summed E-state index contributed by atoms with van der Waals surface area (Å²) in [4.78, 5) is 0. The van der Waals surface area contributed by atoms with Gasteiger partial charge in [-0.15, -0.1) is 0 Å². The van der Waals surface area contributed by atoms with Crippen molar-refractivity contribution in [2.24, 2.45) is 5.73 Å². The standard InChI is InChI=1S/C9H10F3NO/c1-4(14)9(13)5-2-7(11)8(12)3-6(5)10/h2-4,9,14H,13H2,1H3/t4?,9-/m1/s1. The lowest BCUT2D eigenvalue weighted by Crippen LogP contribution is -2.24. The van der Waals surface area contributed by atoms with Crippen molar-refractivity contribution in [2.75, 3.05) is 0 Å².